The summed E-state index contributed by atoms with van der Waals surface area (Å²) in [6.45, 7) is 15.4. The van der Waals surface area contributed by atoms with Crippen LogP contribution in [-0.2, 0) is 38.2 Å². The molecule has 5 rings (SSSR count). The van der Waals surface area contributed by atoms with Crippen LogP contribution in [0, 0.1) is 23.7 Å². The minimum Gasteiger partial charge on any atom is -0.464 e. The van der Waals surface area contributed by atoms with E-state index in [1.807, 2.05) is 26.0 Å². The highest BCUT2D eigenvalue weighted by atomic mass is 16.5. The standard InChI is InChI=1S/C23H36N2O5.C21H32N2O5.CH4/c1-5-8-9-10-11-12-16(4)21(28)25-15-18(26)13-19(25)20(27)24-23(14-17(23)6-2)22(29)30-7-3;1-3-28-20(27)21-12-15(21)10-8-6-4-5-7-9-14(2)19(26)23-13-16(24)11-17(23)18(25)22-21;/h5-6,16-19,26H,1-2,7-15H2,3-4H3,(H,24,27);8,10,14-17,24H,3-7,9,11-13H2,1-2H3,(H,22,25);1H4/b;10-8-;/t16-,17+,18+,19-,23+;14-,15+,16+,17-,21+;/m00./s1. The minimum atomic E-state index is -1.10. The monoisotopic (exact) mass is 829 g/mol. The summed E-state index contributed by atoms with van der Waals surface area (Å²) in [6, 6.07) is -1.53. The van der Waals surface area contributed by atoms with Crippen molar-refractivity contribution in [2.24, 2.45) is 23.7 Å². The van der Waals surface area contributed by atoms with Crippen molar-refractivity contribution in [3.05, 3.63) is 37.5 Å². The van der Waals surface area contributed by atoms with Crippen LogP contribution in [0.2, 0.25) is 0 Å². The summed E-state index contributed by atoms with van der Waals surface area (Å²) < 4.78 is 10.3. The first-order chi connectivity index (χ1) is 27.7. The van der Waals surface area contributed by atoms with Crippen LogP contribution in [0.3, 0.4) is 0 Å². The summed E-state index contributed by atoms with van der Waals surface area (Å²) in [7, 11) is 0. The first-order valence-corrected chi connectivity index (χ1v) is 21.5. The molecule has 0 aromatic rings. The number of hydrogen-bond acceptors (Lipinski definition) is 10. The highest BCUT2D eigenvalue weighted by molar-refractivity contribution is 5.96. The number of ether oxygens (including phenoxy) is 2. The lowest BCUT2D eigenvalue weighted by atomic mass is 10.0. The van der Waals surface area contributed by atoms with Crippen molar-refractivity contribution in [2.75, 3.05) is 26.3 Å². The maximum Gasteiger partial charge on any atom is 0.332 e. The number of esters is 2. The van der Waals surface area contributed by atoms with Gasteiger partial charge in [-0.05, 0) is 65.2 Å². The zero-order valence-electron chi connectivity index (χ0n) is 35.1. The van der Waals surface area contributed by atoms with E-state index in [0.29, 0.717) is 12.8 Å². The van der Waals surface area contributed by atoms with Gasteiger partial charge in [0.1, 0.15) is 23.2 Å². The van der Waals surface area contributed by atoms with Gasteiger partial charge in [-0.15, -0.1) is 13.2 Å². The summed E-state index contributed by atoms with van der Waals surface area (Å²) in [5.41, 5.74) is -2.15. The van der Waals surface area contributed by atoms with Gasteiger partial charge in [0.25, 0.3) is 0 Å². The van der Waals surface area contributed by atoms with Crippen molar-refractivity contribution in [1.82, 2.24) is 20.4 Å². The van der Waals surface area contributed by atoms with Gasteiger partial charge in [0.15, 0.2) is 0 Å². The molecule has 2 saturated heterocycles. The van der Waals surface area contributed by atoms with E-state index in [9.17, 15) is 39.0 Å². The van der Waals surface area contributed by atoms with Crippen molar-refractivity contribution in [1.29, 1.82) is 0 Å². The summed E-state index contributed by atoms with van der Waals surface area (Å²) in [5, 5.41) is 25.9. The lowest BCUT2D eigenvalue weighted by molar-refractivity contribution is -0.150. The van der Waals surface area contributed by atoms with Crippen LogP contribution >= 0.6 is 0 Å². The first kappa shape index (κ1) is 49.3. The number of carbonyl (C=O) groups is 6. The van der Waals surface area contributed by atoms with E-state index < -0.39 is 53.2 Å². The number of likely N-dealkylation sites (tertiary alicyclic amines) is 1. The molecule has 10 atom stereocenters. The second kappa shape index (κ2) is 22.5. The number of hydrogen-bond donors (Lipinski definition) is 4. The quantitative estimate of drug-likeness (QED) is 0.110. The molecule has 2 saturated carbocycles. The molecule has 14 heteroatoms. The van der Waals surface area contributed by atoms with Crippen molar-refractivity contribution in [3.63, 3.8) is 0 Å². The van der Waals surface area contributed by atoms with Crippen LogP contribution < -0.4 is 10.6 Å². The number of nitrogens with one attached hydrogen (secondary N) is 2. The lowest BCUT2D eigenvalue weighted by Crippen LogP contribution is -2.54. The third-order valence-electron chi connectivity index (χ3n) is 12.3. The van der Waals surface area contributed by atoms with E-state index in [1.54, 1.807) is 19.9 Å². The van der Waals surface area contributed by atoms with E-state index in [-0.39, 0.29) is 88.0 Å². The van der Waals surface area contributed by atoms with Crippen molar-refractivity contribution in [3.8, 4) is 0 Å². The highest BCUT2D eigenvalue weighted by Crippen LogP contribution is 2.47. The smallest absolute Gasteiger partial charge is 0.332 e. The predicted molar refractivity (Wildman–Crippen MR) is 224 cm³/mol. The Bertz CT molecular complexity index is 1540. The zero-order valence-corrected chi connectivity index (χ0v) is 35.1. The molecule has 14 nitrogen and oxygen atoms in total. The number of aliphatic hydroxyl groups is 2. The Labute approximate surface area is 351 Å². The summed E-state index contributed by atoms with van der Waals surface area (Å²) in [4.78, 5) is 79.9. The molecular weight excluding hydrogens is 757 g/mol. The normalized spacial score (nSPS) is 32.4. The number of fused-ring (bicyclic) bond motifs is 2. The molecular formula is C45H72N4O10. The minimum absolute atomic E-state index is 0. The van der Waals surface area contributed by atoms with Gasteiger partial charge in [-0.1, -0.05) is 71.3 Å². The molecule has 332 valence electrons. The number of aliphatic hydroxyl groups excluding tert-OH is 2. The molecule has 4 fully saturated rings. The molecule has 3 aliphatic heterocycles. The number of allylic oxidation sites excluding steroid dienone is 2. The maximum absolute atomic E-state index is 13.0. The average molecular weight is 829 g/mol. The second-order valence-electron chi connectivity index (χ2n) is 16.8. The zero-order chi connectivity index (χ0) is 42.6. The lowest BCUT2D eigenvalue weighted by Gasteiger charge is -2.28. The van der Waals surface area contributed by atoms with Crippen molar-refractivity contribution in [2.45, 2.75) is 160 Å². The topological polar surface area (TPSA) is 192 Å². The number of unbranched alkanes of at least 4 members (excludes halogenated alkanes) is 3. The van der Waals surface area contributed by atoms with Crippen LogP contribution in [0.25, 0.3) is 0 Å². The SMILES string of the molecule is C.C=CCCCCC[C@H](C)C(=O)N1C[C@H](O)C[C@H]1C(=O)N[C@]1(C(=O)OCC)C[C@H]1C=C.CCOC(=O)[C@@]12C[C@H]1/C=C\CCCCC[C@H](C)C(=O)N1C[C@H](O)C[C@H]1C(=O)N2. The number of rotatable bonds is 14. The van der Waals surface area contributed by atoms with Crippen LogP contribution in [0.5, 0.6) is 0 Å². The van der Waals surface area contributed by atoms with Crippen molar-refractivity contribution >= 4 is 35.6 Å². The Hall–Kier alpha value is -4.04. The van der Waals surface area contributed by atoms with Gasteiger partial charge in [0.2, 0.25) is 23.6 Å². The van der Waals surface area contributed by atoms with Gasteiger partial charge < -0.3 is 40.1 Å². The number of carbonyl (C=O) groups excluding carboxylic acids is 6. The molecule has 0 aromatic carbocycles. The maximum atomic E-state index is 13.0. The number of β-amino-alcohol motifs (C(OH)–C–C–N with tert-alkyl or cyclic N) is 1. The van der Waals surface area contributed by atoms with E-state index >= 15 is 0 Å². The first-order valence-electron chi connectivity index (χ1n) is 21.5. The van der Waals surface area contributed by atoms with Gasteiger partial charge in [0, 0.05) is 49.6 Å². The van der Waals surface area contributed by atoms with Crippen LogP contribution in [-0.4, -0.2) is 117 Å². The Morgan fingerprint density at radius 3 is 2.34 bits per heavy atom. The summed E-state index contributed by atoms with van der Waals surface area (Å²) >= 11 is 0. The molecule has 0 radical (unpaired) electrons. The second-order valence-corrected chi connectivity index (χ2v) is 16.8. The van der Waals surface area contributed by atoms with Gasteiger partial charge >= 0.3 is 11.9 Å². The third kappa shape index (κ3) is 12.3. The highest BCUT2D eigenvalue weighted by Gasteiger charge is 2.63. The molecule has 0 spiro atoms. The number of amides is 4. The van der Waals surface area contributed by atoms with Gasteiger partial charge in [-0.25, -0.2) is 9.59 Å². The van der Waals surface area contributed by atoms with E-state index in [2.05, 4.69) is 29.9 Å². The molecule has 0 unspecified atom stereocenters. The molecule has 4 amide bonds. The molecule has 3 heterocycles. The third-order valence-corrected chi connectivity index (χ3v) is 12.3. The van der Waals surface area contributed by atoms with Crippen LogP contribution in [0.1, 0.15) is 125 Å². The molecule has 5 aliphatic rings. The Morgan fingerprint density at radius 1 is 0.983 bits per heavy atom. The Balaban J connectivity index is 0.000000311. The van der Waals surface area contributed by atoms with Gasteiger partial charge in [-0.3, -0.25) is 19.2 Å². The summed E-state index contributed by atoms with van der Waals surface area (Å²) in [6.07, 6.45) is 16.9. The molecule has 0 bridgehead atoms. The fourth-order valence-electron chi connectivity index (χ4n) is 8.57. The molecule has 0 aromatic heterocycles. The predicted octanol–water partition coefficient (Wildman–Crippen LogP) is 4.52. The molecule has 4 N–H and O–H groups in total. The Kier molecular flexibility index (Phi) is 18.8. The molecule has 59 heavy (non-hydrogen) atoms. The largest absolute Gasteiger partial charge is 0.464 e. The van der Waals surface area contributed by atoms with Crippen molar-refractivity contribution < 1.29 is 48.5 Å². The van der Waals surface area contributed by atoms with E-state index in [4.69, 9.17) is 9.47 Å². The average Bonchev–Trinajstić information content (AvgIpc) is 3.98. The van der Waals surface area contributed by atoms with E-state index in [1.165, 1.54) is 9.80 Å². The van der Waals surface area contributed by atoms with Crippen LogP contribution in [0.15, 0.2) is 37.5 Å². The Morgan fingerprint density at radius 2 is 1.68 bits per heavy atom. The number of nitrogens with zero attached hydrogens (tertiary/aromatic N) is 2. The van der Waals surface area contributed by atoms with Gasteiger partial charge in [-0.2, -0.15) is 0 Å². The fraction of sp³-hybridized carbons (Fsp3) is 0.733. The summed E-state index contributed by atoms with van der Waals surface area (Å²) in [5.74, 6) is -2.62. The molecule has 2 aliphatic carbocycles. The van der Waals surface area contributed by atoms with E-state index in [0.717, 1.165) is 64.2 Å². The van der Waals surface area contributed by atoms with Gasteiger partial charge in [0.05, 0.1) is 25.4 Å². The van der Waals surface area contributed by atoms with Crippen LogP contribution in [0.4, 0.5) is 0 Å². The fourth-order valence-corrected chi connectivity index (χ4v) is 8.57.